The van der Waals surface area contributed by atoms with Crippen LogP contribution >= 0.6 is 11.3 Å². The Labute approximate surface area is 144 Å². The van der Waals surface area contributed by atoms with E-state index in [0.717, 1.165) is 29.3 Å². The second-order valence-electron chi connectivity index (χ2n) is 5.90. The molecule has 0 spiro atoms. The first-order chi connectivity index (χ1) is 11.8. The van der Waals surface area contributed by atoms with E-state index in [2.05, 4.69) is 27.1 Å². The Morgan fingerprint density at radius 3 is 2.92 bits per heavy atom. The van der Waals surface area contributed by atoms with E-state index in [4.69, 9.17) is 4.74 Å². The van der Waals surface area contributed by atoms with Gasteiger partial charge < -0.3 is 9.84 Å². The van der Waals surface area contributed by atoms with Gasteiger partial charge >= 0.3 is 0 Å². The molecule has 1 N–H and O–H groups in total. The Morgan fingerprint density at radius 1 is 1.33 bits per heavy atom. The van der Waals surface area contributed by atoms with Gasteiger partial charge in [-0.3, -0.25) is 4.90 Å². The molecule has 0 radical (unpaired) electrons. The third kappa shape index (κ3) is 2.63. The van der Waals surface area contributed by atoms with Gasteiger partial charge in [-0.25, -0.2) is 4.98 Å². The highest BCUT2D eigenvalue weighted by Gasteiger charge is 2.30. The molecule has 1 atom stereocenters. The number of aromatic nitrogens is 3. The lowest BCUT2D eigenvalue weighted by Crippen LogP contribution is -2.26. The number of thiazole rings is 1. The topological polar surface area (TPSA) is 62.9 Å². The molecule has 0 bridgehead atoms. The molecule has 1 fully saturated rings. The SMILES string of the molecule is CCOc1cccc(C(c2sc3ncnn3c2O)N2CCCC2)c1. The maximum Gasteiger partial charge on any atom is 0.230 e. The van der Waals surface area contributed by atoms with Crippen molar-refractivity contribution < 1.29 is 9.84 Å². The lowest BCUT2D eigenvalue weighted by atomic mass is 10.0. The first kappa shape index (κ1) is 15.4. The third-order valence-corrected chi connectivity index (χ3v) is 5.46. The summed E-state index contributed by atoms with van der Waals surface area (Å²) in [7, 11) is 0. The van der Waals surface area contributed by atoms with Gasteiger partial charge in [0.2, 0.25) is 10.8 Å². The van der Waals surface area contributed by atoms with E-state index in [1.165, 1.54) is 35.0 Å². The normalized spacial score (nSPS) is 16.7. The molecule has 2 aromatic heterocycles. The van der Waals surface area contributed by atoms with E-state index in [1.54, 1.807) is 0 Å². The number of hydrogen-bond donors (Lipinski definition) is 1. The van der Waals surface area contributed by atoms with Crippen LogP contribution in [-0.4, -0.2) is 44.3 Å². The Balaban J connectivity index is 1.80. The van der Waals surface area contributed by atoms with Crippen molar-refractivity contribution in [3.63, 3.8) is 0 Å². The van der Waals surface area contributed by atoms with Gasteiger partial charge in [0.1, 0.15) is 12.1 Å². The zero-order valence-electron chi connectivity index (χ0n) is 13.6. The van der Waals surface area contributed by atoms with Gasteiger partial charge in [0.15, 0.2) is 0 Å². The van der Waals surface area contributed by atoms with Crippen LogP contribution in [0.25, 0.3) is 4.96 Å². The zero-order chi connectivity index (χ0) is 16.5. The van der Waals surface area contributed by atoms with Crippen molar-refractivity contribution in [2.45, 2.75) is 25.8 Å². The van der Waals surface area contributed by atoms with Crippen LogP contribution in [0.4, 0.5) is 0 Å². The first-order valence-electron chi connectivity index (χ1n) is 8.26. The molecule has 3 heterocycles. The van der Waals surface area contributed by atoms with Crippen LogP contribution in [0.1, 0.15) is 36.2 Å². The summed E-state index contributed by atoms with van der Waals surface area (Å²) in [6.45, 7) is 4.67. The zero-order valence-corrected chi connectivity index (χ0v) is 14.4. The molecule has 6 nitrogen and oxygen atoms in total. The lowest BCUT2D eigenvalue weighted by molar-refractivity contribution is 0.275. The summed E-state index contributed by atoms with van der Waals surface area (Å²) in [6, 6.07) is 8.15. The van der Waals surface area contributed by atoms with Crippen LogP contribution in [0.5, 0.6) is 11.6 Å². The van der Waals surface area contributed by atoms with Crippen molar-refractivity contribution in [1.82, 2.24) is 19.5 Å². The number of hydrogen-bond acceptors (Lipinski definition) is 6. The maximum absolute atomic E-state index is 10.7. The van der Waals surface area contributed by atoms with Crippen LogP contribution in [-0.2, 0) is 0 Å². The Hall–Kier alpha value is -2.12. The number of ether oxygens (including phenoxy) is 1. The molecule has 4 rings (SSSR count). The molecule has 24 heavy (non-hydrogen) atoms. The summed E-state index contributed by atoms with van der Waals surface area (Å²) in [5.41, 5.74) is 1.13. The number of nitrogens with zero attached hydrogens (tertiary/aromatic N) is 4. The van der Waals surface area contributed by atoms with Crippen molar-refractivity contribution in [3.05, 3.63) is 41.0 Å². The van der Waals surface area contributed by atoms with Crippen LogP contribution in [0.3, 0.4) is 0 Å². The van der Waals surface area contributed by atoms with E-state index >= 15 is 0 Å². The number of aromatic hydroxyl groups is 1. The fourth-order valence-electron chi connectivity index (χ4n) is 3.34. The minimum atomic E-state index is 0.00130. The van der Waals surface area contributed by atoms with Gasteiger partial charge in [-0.15, -0.1) is 0 Å². The number of rotatable bonds is 5. The quantitative estimate of drug-likeness (QED) is 0.771. The number of fused-ring (bicyclic) bond motifs is 1. The molecule has 1 aliphatic heterocycles. The lowest BCUT2D eigenvalue weighted by Gasteiger charge is -2.27. The fraction of sp³-hybridized carbons (Fsp3) is 0.412. The standard InChI is InChI=1S/C17H20N4O2S/c1-2-23-13-7-5-6-12(10-13)14(20-8-3-4-9-20)15-16(22)21-17(24-15)18-11-19-21/h5-7,10-11,14,22H,2-4,8-9H2,1H3. The highest BCUT2D eigenvalue weighted by Crippen LogP contribution is 2.41. The molecule has 1 saturated heterocycles. The van der Waals surface area contributed by atoms with E-state index in [9.17, 15) is 5.11 Å². The van der Waals surface area contributed by atoms with Crippen molar-refractivity contribution in [3.8, 4) is 11.6 Å². The third-order valence-electron chi connectivity index (χ3n) is 4.38. The van der Waals surface area contributed by atoms with E-state index in [1.807, 2.05) is 19.1 Å². The van der Waals surface area contributed by atoms with Gasteiger partial charge in [-0.2, -0.15) is 9.61 Å². The second kappa shape index (κ2) is 6.41. The molecule has 3 aromatic rings. The number of likely N-dealkylation sites (tertiary alicyclic amines) is 1. The van der Waals surface area contributed by atoms with Crippen LogP contribution in [0.15, 0.2) is 30.6 Å². The van der Waals surface area contributed by atoms with Crippen molar-refractivity contribution in [2.24, 2.45) is 0 Å². The van der Waals surface area contributed by atoms with Gasteiger partial charge in [-0.1, -0.05) is 23.5 Å². The summed E-state index contributed by atoms with van der Waals surface area (Å²) < 4.78 is 7.17. The predicted molar refractivity (Wildman–Crippen MR) is 92.8 cm³/mol. The summed E-state index contributed by atoms with van der Waals surface area (Å²) in [5, 5.41) is 14.8. The van der Waals surface area contributed by atoms with Crippen molar-refractivity contribution >= 4 is 16.3 Å². The monoisotopic (exact) mass is 344 g/mol. The largest absolute Gasteiger partial charge is 0.494 e. The Kier molecular flexibility index (Phi) is 4.12. The molecule has 1 aromatic carbocycles. The van der Waals surface area contributed by atoms with E-state index < -0.39 is 0 Å². The molecule has 0 aliphatic carbocycles. The molecule has 7 heteroatoms. The van der Waals surface area contributed by atoms with Gasteiger partial charge in [0.25, 0.3) is 0 Å². The highest BCUT2D eigenvalue weighted by atomic mass is 32.1. The van der Waals surface area contributed by atoms with Crippen LogP contribution in [0.2, 0.25) is 0 Å². The average Bonchev–Trinajstić information content (AvgIpc) is 3.30. The van der Waals surface area contributed by atoms with Crippen molar-refractivity contribution in [2.75, 3.05) is 19.7 Å². The smallest absolute Gasteiger partial charge is 0.230 e. The minimum Gasteiger partial charge on any atom is -0.494 e. The van der Waals surface area contributed by atoms with E-state index in [0.29, 0.717) is 11.6 Å². The minimum absolute atomic E-state index is 0.00130. The maximum atomic E-state index is 10.7. The molecule has 1 aliphatic rings. The predicted octanol–water partition coefficient (Wildman–Crippen LogP) is 3.08. The van der Waals surface area contributed by atoms with Crippen LogP contribution in [0, 0.1) is 0 Å². The average molecular weight is 344 g/mol. The highest BCUT2D eigenvalue weighted by molar-refractivity contribution is 7.17. The summed E-state index contributed by atoms with van der Waals surface area (Å²) in [5.74, 6) is 1.05. The Bertz CT molecular complexity index is 838. The molecule has 1 unspecified atom stereocenters. The molecule has 0 amide bonds. The van der Waals surface area contributed by atoms with Crippen molar-refractivity contribution in [1.29, 1.82) is 0 Å². The Morgan fingerprint density at radius 2 is 2.17 bits per heavy atom. The molecular weight excluding hydrogens is 324 g/mol. The first-order valence-corrected chi connectivity index (χ1v) is 9.07. The summed E-state index contributed by atoms with van der Waals surface area (Å²) >= 11 is 1.50. The van der Waals surface area contributed by atoms with Gasteiger partial charge in [-0.05, 0) is 50.6 Å². The summed E-state index contributed by atoms with van der Waals surface area (Å²) in [4.78, 5) is 8.24. The second-order valence-corrected chi connectivity index (χ2v) is 6.90. The fourth-order valence-corrected chi connectivity index (χ4v) is 4.43. The van der Waals surface area contributed by atoms with Gasteiger partial charge in [0, 0.05) is 0 Å². The van der Waals surface area contributed by atoms with Gasteiger partial charge in [0.05, 0.1) is 17.5 Å². The molecular formula is C17H20N4O2S. The van der Waals surface area contributed by atoms with E-state index in [-0.39, 0.29) is 11.9 Å². The molecule has 0 saturated carbocycles. The summed E-state index contributed by atoms with van der Waals surface area (Å²) in [6.07, 6.45) is 3.84. The molecule has 126 valence electrons. The van der Waals surface area contributed by atoms with Crippen LogP contribution < -0.4 is 4.74 Å². The number of benzene rings is 1.